The summed E-state index contributed by atoms with van der Waals surface area (Å²) < 4.78 is 5.78. The Kier molecular flexibility index (Phi) is 5.43. The molecule has 0 aliphatic carbocycles. The van der Waals surface area contributed by atoms with Gasteiger partial charge in [-0.1, -0.05) is 23.8 Å². The number of aryl methyl sites for hydroxylation is 4. The Morgan fingerprint density at radius 1 is 1.00 bits per heavy atom. The third-order valence-electron chi connectivity index (χ3n) is 3.99. The van der Waals surface area contributed by atoms with Gasteiger partial charge in [0.15, 0.2) is 0 Å². The molecule has 0 aliphatic heterocycles. The second kappa shape index (κ2) is 7.32. The molecule has 0 aromatic heterocycles. The van der Waals surface area contributed by atoms with Crippen LogP contribution in [0.4, 0.5) is 0 Å². The van der Waals surface area contributed by atoms with Crippen molar-refractivity contribution in [2.75, 3.05) is 6.61 Å². The maximum Gasteiger partial charge on any atom is 0.251 e. The quantitative estimate of drug-likeness (QED) is 0.902. The van der Waals surface area contributed by atoms with Crippen LogP contribution in [0.15, 0.2) is 36.4 Å². The fourth-order valence-electron chi connectivity index (χ4n) is 2.35. The standard InChI is InChI=1S/C20H25NO2/c1-13-6-7-15(3)19(10-13)20(22)21-17(5)12-23-18-9-8-14(2)16(4)11-18/h6-11,17H,12H2,1-5H3,(H,21,22)/t17-/m1/s1. The van der Waals surface area contributed by atoms with Crippen molar-refractivity contribution >= 4 is 5.91 Å². The number of hydrogen-bond donors (Lipinski definition) is 1. The van der Waals surface area contributed by atoms with Crippen LogP contribution in [0.25, 0.3) is 0 Å². The average Bonchev–Trinajstić information content (AvgIpc) is 2.50. The van der Waals surface area contributed by atoms with Crippen LogP contribution in [0.5, 0.6) is 5.75 Å². The molecule has 3 heteroatoms. The maximum atomic E-state index is 12.4. The summed E-state index contributed by atoms with van der Waals surface area (Å²) in [4.78, 5) is 12.4. The molecule has 0 aliphatic rings. The van der Waals surface area contributed by atoms with E-state index in [0.717, 1.165) is 22.4 Å². The number of amides is 1. The van der Waals surface area contributed by atoms with Crippen LogP contribution in [0, 0.1) is 27.7 Å². The van der Waals surface area contributed by atoms with Crippen LogP contribution in [0.3, 0.4) is 0 Å². The second-order valence-corrected chi connectivity index (χ2v) is 6.25. The summed E-state index contributed by atoms with van der Waals surface area (Å²) in [6.07, 6.45) is 0. The largest absolute Gasteiger partial charge is 0.491 e. The number of hydrogen-bond acceptors (Lipinski definition) is 2. The molecule has 122 valence electrons. The molecule has 2 aromatic rings. The van der Waals surface area contributed by atoms with Gasteiger partial charge in [-0.05, 0) is 69.5 Å². The Balaban J connectivity index is 1.93. The van der Waals surface area contributed by atoms with E-state index in [-0.39, 0.29) is 11.9 Å². The van der Waals surface area contributed by atoms with Crippen molar-refractivity contribution in [3.8, 4) is 5.75 Å². The Morgan fingerprint density at radius 2 is 1.70 bits per heavy atom. The van der Waals surface area contributed by atoms with E-state index in [1.165, 1.54) is 11.1 Å². The fraction of sp³-hybridized carbons (Fsp3) is 0.350. The predicted molar refractivity (Wildman–Crippen MR) is 94.3 cm³/mol. The summed E-state index contributed by atoms with van der Waals surface area (Å²) in [5, 5.41) is 3.00. The first kappa shape index (κ1) is 17.1. The van der Waals surface area contributed by atoms with E-state index in [2.05, 4.69) is 19.2 Å². The third kappa shape index (κ3) is 4.59. The Bertz CT molecular complexity index is 707. The van der Waals surface area contributed by atoms with Crippen molar-refractivity contribution in [2.45, 2.75) is 40.7 Å². The van der Waals surface area contributed by atoms with E-state index in [4.69, 9.17) is 4.74 Å². The maximum absolute atomic E-state index is 12.4. The zero-order chi connectivity index (χ0) is 17.0. The molecule has 0 spiro atoms. The van der Waals surface area contributed by atoms with Crippen LogP contribution in [-0.4, -0.2) is 18.6 Å². The van der Waals surface area contributed by atoms with Crippen LogP contribution in [0.2, 0.25) is 0 Å². The molecule has 0 bridgehead atoms. The molecular formula is C20H25NO2. The lowest BCUT2D eigenvalue weighted by molar-refractivity contribution is 0.0926. The first-order chi connectivity index (χ1) is 10.9. The lowest BCUT2D eigenvalue weighted by atomic mass is 10.0. The molecule has 1 amide bonds. The molecule has 23 heavy (non-hydrogen) atoms. The van der Waals surface area contributed by atoms with Crippen molar-refractivity contribution in [1.29, 1.82) is 0 Å². The van der Waals surface area contributed by atoms with E-state index in [0.29, 0.717) is 6.61 Å². The molecule has 1 N–H and O–H groups in total. The van der Waals surface area contributed by atoms with Crippen LogP contribution in [-0.2, 0) is 0 Å². The molecule has 0 unspecified atom stereocenters. The number of nitrogens with one attached hydrogen (secondary N) is 1. The zero-order valence-electron chi connectivity index (χ0n) is 14.6. The number of ether oxygens (including phenoxy) is 1. The summed E-state index contributed by atoms with van der Waals surface area (Å²) in [7, 11) is 0. The Labute approximate surface area is 138 Å². The minimum Gasteiger partial charge on any atom is -0.491 e. The molecule has 0 saturated carbocycles. The molecule has 2 rings (SSSR count). The van der Waals surface area contributed by atoms with E-state index < -0.39 is 0 Å². The number of benzene rings is 2. The molecular weight excluding hydrogens is 286 g/mol. The summed E-state index contributed by atoms with van der Waals surface area (Å²) in [5.74, 6) is 0.781. The zero-order valence-corrected chi connectivity index (χ0v) is 14.6. The van der Waals surface area contributed by atoms with Gasteiger partial charge in [0.2, 0.25) is 0 Å². The van der Waals surface area contributed by atoms with Crippen LogP contribution < -0.4 is 10.1 Å². The average molecular weight is 311 g/mol. The lowest BCUT2D eigenvalue weighted by Crippen LogP contribution is -2.37. The van der Waals surface area contributed by atoms with Crippen molar-refractivity contribution in [3.05, 3.63) is 64.2 Å². The van der Waals surface area contributed by atoms with Crippen molar-refractivity contribution in [2.24, 2.45) is 0 Å². The SMILES string of the molecule is Cc1ccc(C)c(C(=O)N[C@H](C)COc2ccc(C)c(C)c2)c1. The van der Waals surface area contributed by atoms with E-state index in [9.17, 15) is 4.79 Å². The van der Waals surface area contributed by atoms with Gasteiger partial charge in [-0.3, -0.25) is 4.79 Å². The third-order valence-corrected chi connectivity index (χ3v) is 3.99. The van der Waals surface area contributed by atoms with Gasteiger partial charge < -0.3 is 10.1 Å². The summed E-state index contributed by atoms with van der Waals surface area (Å²) in [6.45, 7) is 10.5. The van der Waals surface area contributed by atoms with Gasteiger partial charge in [0, 0.05) is 5.56 Å². The van der Waals surface area contributed by atoms with Gasteiger partial charge in [-0.2, -0.15) is 0 Å². The summed E-state index contributed by atoms with van der Waals surface area (Å²) in [6, 6.07) is 11.9. The summed E-state index contributed by atoms with van der Waals surface area (Å²) in [5.41, 5.74) is 5.24. The van der Waals surface area contributed by atoms with Gasteiger partial charge in [0.05, 0.1) is 6.04 Å². The highest BCUT2D eigenvalue weighted by atomic mass is 16.5. The van der Waals surface area contributed by atoms with E-state index in [1.54, 1.807) is 0 Å². The molecule has 1 atom stereocenters. The van der Waals surface area contributed by atoms with Crippen LogP contribution in [0.1, 0.15) is 39.5 Å². The van der Waals surface area contributed by atoms with E-state index >= 15 is 0 Å². The molecule has 0 radical (unpaired) electrons. The first-order valence-corrected chi connectivity index (χ1v) is 7.95. The minimum absolute atomic E-state index is 0.0533. The van der Waals surface area contributed by atoms with E-state index in [1.807, 2.05) is 57.2 Å². The summed E-state index contributed by atoms with van der Waals surface area (Å²) >= 11 is 0. The molecule has 3 nitrogen and oxygen atoms in total. The fourth-order valence-corrected chi connectivity index (χ4v) is 2.35. The molecule has 0 fully saturated rings. The topological polar surface area (TPSA) is 38.3 Å². The van der Waals surface area contributed by atoms with Crippen molar-refractivity contribution in [1.82, 2.24) is 5.32 Å². The van der Waals surface area contributed by atoms with Crippen LogP contribution >= 0.6 is 0 Å². The first-order valence-electron chi connectivity index (χ1n) is 7.95. The number of carbonyl (C=O) groups excluding carboxylic acids is 1. The highest BCUT2D eigenvalue weighted by Crippen LogP contribution is 2.16. The Hall–Kier alpha value is -2.29. The van der Waals surface area contributed by atoms with Gasteiger partial charge in [0.1, 0.15) is 12.4 Å². The number of carbonyl (C=O) groups is 1. The van der Waals surface area contributed by atoms with Crippen molar-refractivity contribution < 1.29 is 9.53 Å². The van der Waals surface area contributed by atoms with Gasteiger partial charge in [-0.25, -0.2) is 0 Å². The van der Waals surface area contributed by atoms with Crippen molar-refractivity contribution in [3.63, 3.8) is 0 Å². The number of rotatable bonds is 5. The van der Waals surface area contributed by atoms with Gasteiger partial charge in [-0.15, -0.1) is 0 Å². The highest BCUT2D eigenvalue weighted by molar-refractivity contribution is 5.96. The van der Waals surface area contributed by atoms with Gasteiger partial charge in [0.25, 0.3) is 5.91 Å². The normalized spacial score (nSPS) is 11.9. The monoisotopic (exact) mass is 311 g/mol. The predicted octanol–water partition coefficient (Wildman–Crippen LogP) is 4.12. The lowest BCUT2D eigenvalue weighted by Gasteiger charge is -2.16. The highest BCUT2D eigenvalue weighted by Gasteiger charge is 2.13. The minimum atomic E-state index is -0.0657. The van der Waals surface area contributed by atoms with Gasteiger partial charge >= 0.3 is 0 Å². The molecule has 0 saturated heterocycles. The second-order valence-electron chi connectivity index (χ2n) is 6.25. The molecule has 2 aromatic carbocycles. The smallest absolute Gasteiger partial charge is 0.251 e. The molecule has 0 heterocycles. The Morgan fingerprint density at radius 3 is 2.39 bits per heavy atom.